The predicted molar refractivity (Wildman–Crippen MR) is 95.6 cm³/mol. The molecule has 0 atom stereocenters. The molecular weight excluding hydrogens is 338 g/mol. The first-order chi connectivity index (χ1) is 12.0. The van der Waals surface area contributed by atoms with Crippen LogP contribution in [0.1, 0.15) is 27.2 Å². The maximum Gasteiger partial charge on any atom is 0.336 e. The Morgan fingerprint density at radius 1 is 1.08 bits per heavy atom. The number of nitrogens with zero attached hydrogens (tertiary/aromatic N) is 1. The van der Waals surface area contributed by atoms with Crippen molar-refractivity contribution in [1.82, 2.24) is 4.57 Å². The van der Waals surface area contributed by atoms with Gasteiger partial charge in [0.05, 0.1) is 17.1 Å². The number of rotatable bonds is 3. The molecule has 2 aromatic carbocycles. The van der Waals surface area contributed by atoms with Crippen LogP contribution in [0.3, 0.4) is 0 Å². The van der Waals surface area contributed by atoms with Crippen LogP contribution in [0.2, 0.25) is 0 Å². The van der Waals surface area contributed by atoms with Crippen LogP contribution in [-0.2, 0) is 28.6 Å². The van der Waals surface area contributed by atoms with E-state index in [-0.39, 0.29) is 17.1 Å². The van der Waals surface area contributed by atoms with E-state index in [9.17, 15) is 18.3 Å². The fourth-order valence-electron chi connectivity index (χ4n) is 3.64. The number of carboxylic acid groups (broad SMARTS) is 1. The summed E-state index contributed by atoms with van der Waals surface area (Å²) < 4.78 is 26.2. The zero-order valence-corrected chi connectivity index (χ0v) is 14.3. The summed E-state index contributed by atoms with van der Waals surface area (Å²) in [6.07, 6.45) is 0.460. The molecule has 1 aliphatic heterocycles. The minimum atomic E-state index is -3.08. The number of carboxylic acids is 1. The third-order valence-electron chi connectivity index (χ3n) is 4.78. The average molecular weight is 355 g/mol. The predicted octanol–water partition coefficient (Wildman–Crippen LogP) is 2.86. The van der Waals surface area contributed by atoms with Gasteiger partial charge in [-0.05, 0) is 23.3 Å². The molecule has 25 heavy (non-hydrogen) atoms. The first-order valence-corrected chi connectivity index (χ1v) is 9.89. The van der Waals surface area contributed by atoms with E-state index in [2.05, 4.69) is 4.57 Å². The first kappa shape index (κ1) is 15.9. The van der Waals surface area contributed by atoms with E-state index in [1.807, 2.05) is 36.4 Å². The summed E-state index contributed by atoms with van der Waals surface area (Å²) >= 11 is 0. The summed E-state index contributed by atoms with van der Waals surface area (Å²) in [6, 6.07) is 14.7. The quantitative estimate of drug-likeness (QED) is 0.784. The minimum Gasteiger partial charge on any atom is -0.478 e. The second-order valence-electron chi connectivity index (χ2n) is 6.33. The Morgan fingerprint density at radius 2 is 1.80 bits per heavy atom. The van der Waals surface area contributed by atoms with Crippen LogP contribution in [0.5, 0.6) is 0 Å². The van der Waals surface area contributed by atoms with Crippen molar-refractivity contribution >= 4 is 26.7 Å². The van der Waals surface area contributed by atoms with Crippen LogP contribution in [0.25, 0.3) is 10.9 Å². The molecule has 1 N–H and O–H groups in total. The van der Waals surface area contributed by atoms with Crippen molar-refractivity contribution in [2.75, 3.05) is 5.75 Å². The molecule has 0 unspecified atom stereocenters. The molecule has 1 aliphatic rings. The molecule has 0 saturated heterocycles. The highest BCUT2D eigenvalue weighted by atomic mass is 32.2. The molecule has 128 valence electrons. The van der Waals surface area contributed by atoms with Crippen LogP contribution in [0, 0.1) is 0 Å². The van der Waals surface area contributed by atoms with Crippen LogP contribution in [-0.4, -0.2) is 29.8 Å². The van der Waals surface area contributed by atoms with E-state index in [4.69, 9.17) is 0 Å². The molecule has 0 bridgehead atoms. The number of aromatic nitrogens is 1. The lowest BCUT2D eigenvalue weighted by Crippen LogP contribution is -2.21. The molecule has 0 radical (unpaired) electrons. The van der Waals surface area contributed by atoms with E-state index < -0.39 is 15.8 Å². The molecule has 4 rings (SSSR count). The van der Waals surface area contributed by atoms with E-state index >= 15 is 0 Å². The van der Waals surface area contributed by atoms with Gasteiger partial charge in [0.2, 0.25) is 0 Å². The molecule has 0 spiro atoms. The van der Waals surface area contributed by atoms with Gasteiger partial charge in [0.1, 0.15) is 0 Å². The Morgan fingerprint density at radius 3 is 2.60 bits per heavy atom. The van der Waals surface area contributed by atoms with Crippen LogP contribution in [0.4, 0.5) is 0 Å². The van der Waals surface area contributed by atoms with E-state index in [0.717, 1.165) is 22.2 Å². The standard InChI is InChI=1S/C19H17NO4S/c21-19(22)14-6-2-1-5-13(14)11-20-17-8-4-3-7-15(17)16-12-25(23,24)10-9-18(16)20/h1-8H,9-12H2,(H,21,22). The second-order valence-corrected chi connectivity index (χ2v) is 8.52. The third-order valence-corrected chi connectivity index (χ3v) is 6.34. The van der Waals surface area contributed by atoms with Gasteiger partial charge in [-0.1, -0.05) is 36.4 Å². The molecular formula is C19H17NO4S. The molecule has 2 heterocycles. The van der Waals surface area contributed by atoms with Crippen molar-refractivity contribution < 1.29 is 18.3 Å². The summed E-state index contributed by atoms with van der Waals surface area (Å²) in [7, 11) is -3.08. The molecule has 0 amide bonds. The number of para-hydroxylation sites is 1. The summed E-state index contributed by atoms with van der Waals surface area (Å²) in [5.41, 5.74) is 3.79. The van der Waals surface area contributed by atoms with E-state index in [1.54, 1.807) is 12.1 Å². The Bertz CT molecular complexity index is 1100. The lowest BCUT2D eigenvalue weighted by molar-refractivity contribution is 0.0695. The van der Waals surface area contributed by atoms with Gasteiger partial charge in [0.25, 0.3) is 0 Å². The van der Waals surface area contributed by atoms with Crippen molar-refractivity contribution in [2.45, 2.75) is 18.7 Å². The summed E-state index contributed by atoms with van der Waals surface area (Å²) in [6.45, 7) is 0.415. The van der Waals surface area contributed by atoms with Gasteiger partial charge >= 0.3 is 5.97 Å². The fourth-order valence-corrected chi connectivity index (χ4v) is 5.05. The largest absolute Gasteiger partial charge is 0.478 e. The minimum absolute atomic E-state index is 0.0520. The molecule has 3 aromatic rings. The van der Waals surface area contributed by atoms with E-state index in [0.29, 0.717) is 18.5 Å². The van der Waals surface area contributed by atoms with E-state index in [1.165, 1.54) is 0 Å². The highest BCUT2D eigenvalue weighted by molar-refractivity contribution is 7.90. The first-order valence-electron chi connectivity index (χ1n) is 8.07. The van der Waals surface area contributed by atoms with Crippen molar-refractivity contribution in [3.63, 3.8) is 0 Å². The Labute approximate surface area is 145 Å². The number of carbonyl (C=O) groups is 1. The lowest BCUT2D eigenvalue weighted by Gasteiger charge is -2.17. The van der Waals surface area contributed by atoms with Gasteiger partial charge in [0.15, 0.2) is 9.84 Å². The average Bonchev–Trinajstić information content (AvgIpc) is 2.88. The summed E-state index contributed by atoms with van der Waals surface area (Å²) in [4.78, 5) is 11.5. The molecule has 5 nitrogen and oxygen atoms in total. The highest BCUT2D eigenvalue weighted by Crippen LogP contribution is 2.32. The molecule has 0 aliphatic carbocycles. The molecule has 0 fully saturated rings. The van der Waals surface area contributed by atoms with Gasteiger partial charge in [-0.25, -0.2) is 13.2 Å². The second kappa shape index (κ2) is 5.74. The van der Waals surface area contributed by atoms with Gasteiger partial charge in [0, 0.05) is 29.6 Å². The normalized spacial score (nSPS) is 15.8. The number of sulfone groups is 1. The molecule has 6 heteroatoms. The monoisotopic (exact) mass is 355 g/mol. The van der Waals surface area contributed by atoms with Crippen molar-refractivity contribution in [3.8, 4) is 0 Å². The number of aromatic carboxylic acids is 1. The Hall–Kier alpha value is -2.60. The van der Waals surface area contributed by atoms with Crippen molar-refractivity contribution in [3.05, 3.63) is 70.9 Å². The van der Waals surface area contributed by atoms with Crippen LogP contribution < -0.4 is 0 Å². The maximum absolute atomic E-state index is 12.1. The number of fused-ring (bicyclic) bond motifs is 3. The van der Waals surface area contributed by atoms with Gasteiger partial charge in [-0.2, -0.15) is 0 Å². The SMILES string of the molecule is O=C(O)c1ccccc1Cn1c2c(c3ccccc31)CS(=O)(=O)CC2. The van der Waals surface area contributed by atoms with Gasteiger partial charge < -0.3 is 9.67 Å². The van der Waals surface area contributed by atoms with Crippen molar-refractivity contribution in [2.24, 2.45) is 0 Å². The lowest BCUT2D eigenvalue weighted by atomic mass is 10.1. The smallest absolute Gasteiger partial charge is 0.336 e. The Balaban J connectivity index is 1.91. The molecule has 1 aromatic heterocycles. The summed E-state index contributed by atoms with van der Waals surface area (Å²) in [5.74, 6) is -0.767. The topological polar surface area (TPSA) is 76.4 Å². The third kappa shape index (κ3) is 2.72. The number of hydrogen-bond acceptors (Lipinski definition) is 3. The molecule has 0 saturated carbocycles. The number of benzene rings is 2. The van der Waals surface area contributed by atoms with Gasteiger partial charge in [-0.15, -0.1) is 0 Å². The highest BCUT2D eigenvalue weighted by Gasteiger charge is 2.27. The zero-order valence-electron chi connectivity index (χ0n) is 13.5. The zero-order chi connectivity index (χ0) is 17.6. The Kier molecular flexibility index (Phi) is 3.65. The summed E-state index contributed by atoms with van der Waals surface area (Å²) in [5, 5.41) is 10.4. The fraction of sp³-hybridized carbons (Fsp3) is 0.211. The van der Waals surface area contributed by atoms with Crippen LogP contribution >= 0.6 is 0 Å². The number of hydrogen-bond donors (Lipinski definition) is 1. The van der Waals surface area contributed by atoms with Gasteiger partial charge in [-0.3, -0.25) is 0 Å². The van der Waals surface area contributed by atoms with Crippen molar-refractivity contribution in [1.29, 1.82) is 0 Å². The van der Waals surface area contributed by atoms with Crippen LogP contribution in [0.15, 0.2) is 48.5 Å². The maximum atomic E-state index is 12.1.